The number of pyridine rings is 1. The number of nitro groups is 1. The van der Waals surface area contributed by atoms with Crippen molar-refractivity contribution in [3.8, 4) is 0 Å². The van der Waals surface area contributed by atoms with Crippen LogP contribution in [0.25, 0.3) is 0 Å². The minimum Gasteiger partial charge on any atom is -0.383 e. The number of nitrogens with one attached hydrogen (secondary N) is 1. The summed E-state index contributed by atoms with van der Waals surface area (Å²) >= 11 is 3.14. The lowest BCUT2D eigenvalue weighted by Crippen LogP contribution is -2.16. The molecule has 1 aromatic carbocycles. The quantitative estimate of drug-likeness (QED) is 0.650. The Hall–Kier alpha value is -2.55. The minimum absolute atomic E-state index is 0.0831. The summed E-state index contributed by atoms with van der Waals surface area (Å²) < 4.78 is 14.1. The lowest BCUT2D eigenvalue weighted by molar-refractivity contribution is -0.385. The maximum Gasteiger partial charge on any atom is 0.288 e. The third-order valence-corrected chi connectivity index (χ3v) is 3.03. The normalized spacial score (nSPS) is 10.2. The van der Waals surface area contributed by atoms with Crippen LogP contribution in [0.5, 0.6) is 0 Å². The van der Waals surface area contributed by atoms with Crippen molar-refractivity contribution in [2.24, 2.45) is 0 Å². The van der Waals surface area contributed by atoms with Crippen molar-refractivity contribution in [2.45, 2.75) is 0 Å². The predicted octanol–water partition coefficient (Wildman–Crippen LogP) is 2.73. The monoisotopic (exact) mass is 354 g/mol. The maximum atomic E-state index is 13.6. The van der Waals surface area contributed by atoms with Crippen molar-refractivity contribution in [1.29, 1.82) is 0 Å². The molecule has 0 bridgehead atoms. The van der Waals surface area contributed by atoms with E-state index < -0.39 is 16.6 Å². The summed E-state index contributed by atoms with van der Waals surface area (Å²) in [6.07, 6.45) is 0.936. The van der Waals surface area contributed by atoms with Crippen LogP contribution in [-0.4, -0.2) is 15.8 Å². The number of hydrogen-bond donors (Lipinski definition) is 2. The number of amides is 1. The number of nitrogen functional groups attached to an aromatic ring is 1. The average Bonchev–Trinajstić information content (AvgIpc) is 2.43. The van der Waals surface area contributed by atoms with Crippen molar-refractivity contribution >= 4 is 39.0 Å². The van der Waals surface area contributed by atoms with Crippen LogP contribution in [0.3, 0.4) is 0 Å². The lowest BCUT2D eigenvalue weighted by Gasteiger charge is -2.08. The molecule has 7 nitrogen and oxygen atoms in total. The standard InChI is InChI=1S/C12H8BrFN4O3/c13-6-1-2-9(14)10(3-6)17-12(19)8-4-7(18(20)21)5-16-11(8)15/h1-5H,(H2,15,16)(H,17,19). The Balaban J connectivity index is 2.34. The number of hydrogen-bond acceptors (Lipinski definition) is 5. The molecule has 2 aromatic rings. The maximum absolute atomic E-state index is 13.6. The van der Waals surface area contributed by atoms with Gasteiger partial charge in [-0.1, -0.05) is 15.9 Å². The van der Waals surface area contributed by atoms with Crippen LogP contribution >= 0.6 is 15.9 Å². The molecule has 0 radical (unpaired) electrons. The Bertz CT molecular complexity index is 738. The molecule has 9 heteroatoms. The number of nitrogens with zero attached hydrogens (tertiary/aromatic N) is 2. The van der Waals surface area contributed by atoms with Gasteiger partial charge in [0.1, 0.15) is 17.8 Å². The van der Waals surface area contributed by atoms with Crippen LogP contribution in [0.15, 0.2) is 34.9 Å². The van der Waals surface area contributed by atoms with Gasteiger partial charge in [-0.25, -0.2) is 9.37 Å². The molecule has 1 aromatic heterocycles. The number of anilines is 2. The lowest BCUT2D eigenvalue weighted by atomic mass is 10.2. The fourth-order valence-corrected chi connectivity index (χ4v) is 1.89. The van der Waals surface area contributed by atoms with Gasteiger partial charge in [0.15, 0.2) is 0 Å². The van der Waals surface area contributed by atoms with Crippen LogP contribution in [0.2, 0.25) is 0 Å². The summed E-state index contributed by atoms with van der Waals surface area (Å²) in [5, 5.41) is 13.0. The smallest absolute Gasteiger partial charge is 0.288 e. The van der Waals surface area contributed by atoms with Crippen molar-refractivity contribution in [3.05, 3.63) is 56.4 Å². The molecule has 0 atom stereocenters. The fourth-order valence-electron chi connectivity index (χ4n) is 1.53. The van der Waals surface area contributed by atoms with Crippen molar-refractivity contribution in [3.63, 3.8) is 0 Å². The van der Waals surface area contributed by atoms with Crippen molar-refractivity contribution < 1.29 is 14.1 Å². The zero-order valence-corrected chi connectivity index (χ0v) is 11.9. The molecule has 0 saturated carbocycles. The first-order valence-corrected chi connectivity index (χ1v) is 6.34. The summed E-state index contributed by atoms with van der Waals surface area (Å²) in [7, 11) is 0. The Morgan fingerprint density at radius 1 is 1.43 bits per heavy atom. The molecule has 1 heterocycles. The summed E-state index contributed by atoms with van der Waals surface area (Å²) in [6, 6.07) is 4.96. The van der Waals surface area contributed by atoms with E-state index in [1.807, 2.05) is 0 Å². The second-order valence-corrected chi connectivity index (χ2v) is 4.88. The molecule has 0 saturated heterocycles. The number of carbonyl (C=O) groups excluding carboxylic acids is 1. The second-order valence-electron chi connectivity index (χ2n) is 3.96. The van der Waals surface area contributed by atoms with Crippen molar-refractivity contribution in [2.75, 3.05) is 11.1 Å². The number of aromatic nitrogens is 1. The van der Waals surface area contributed by atoms with Crippen LogP contribution in [0.1, 0.15) is 10.4 Å². The van der Waals surface area contributed by atoms with Gasteiger partial charge in [0.05, 0.1) is 16.2 Å². The highest BCUT2D eigenvalue weighted by Crippen LogP contribution is 2.22. The molecule has 1 amide bonds. The van der Waals surface area contributed by atoms with Gasteiger partial charge < -0.3 is 11.1 Å². The number of benzene rings is 1. The van der Waals surface area contributed by atoms with E-state index in [-0.39, 0.29) is 22.8 Å². The van der Waals surface area contributed by atoms with E-state index in [2.05, 4.69) is 26.2 Å². The van der Waals surface area contributed by atoms with E-state index in [0.717, 1.165) is 18.3 Å². The topological polar surface area (TPSA) is 111 Å². The second kappa shape index (κ2) is 5.83. The molecule has 3 N–H and O–H groups in total. The van der Waals surface area contributed by atoms with E-state index in [1.54, 1.807) is 0 Å². The van der Waals surface area contributed by atoms with Gasteiger partial charge in [-0.15, -0.1) is 0 Å². The SMILES string of the molecule is Nc1ncc([N+](=O)[O-])cc1C(=O)Nc1cc(Br)ccc1F. The van der Waals surface area contributed by atoms with Crippen LogP contribution < -0.4 is 11.1 Å². The number of rotatable bonds is 3. The van der Waals surface area contributed by atoms with Crippen molar-refractivity contribution in [1.82, 2.24) is 4.98 Å². The van der Waals surface area contributed by atoms with Gasteiger partial charge in [-0.3, -0.25) is 14.9 Å². The molecule has 2 rings (SSSR count). The van der Waals surface area contributed by atoms with E-state index in [9.17, 15) is 19.3 Å². The largest absolute Gasteiger partial charge is 0.383 e. The molecule has 21 heavy (non-hydrogen) atoms. The van der Waals surface area contributed by atoms with Gasteiger partial charge in [-0.2, -0.15) is 0 Å². The highest BCUT2D eigenvalue weighted by Gasteiger charge is 2.18. The van der Waals surface area contributed by atoms with Crippen LogP contribution in [0.4, 0.5) is 21.6 Å². The third kappa shape index (κ3) is 3.31. The summed E-state index contributed by atoms with van der Waals surface area (Å²) in [5.41, 5.74) is 4.84. The number of nitrogens with two attached hydrogens (primary N) is 1. The molecule has 0 aliphatic carbocycles. The van der Waals surface area contributed by atoms with Crippen LogP contribution in [-0.2, 0) is 0 Å². The molecule has 0 aliphatic rings. The average molecular weight is 355 g/mol. The Morgan fingerprint density at radius 3 is 2.81 bits per heavy atom. The molecule has 0 spiro atoms. The zero-order chi connectivity index (χ0) is 15.6. The summed E-state index contributed by atoms with van der Waals surface area (Å²) in [4.78, 5) is 25.6. The fraction of sp³-hybridized carbons (Fsp3) is 0. The summed E-state index contributed by atoms with van der Waals surface area (Å²) in [6.45, 7) is 0. The Labute approximate surface area is 126 Å². The number of halogens is 2. The summed E-state index contributed by atoms with van der Waals surface area (Å²) in [5.74, 6) is -1.63. The molecule has 0 fully saturated rings. The predicted molar refractivity (Wildman–Crippen MR) is 77.4 cm³/mol. The van der Waals surface area contributed by atoms with Crippen LogP contribution in [0, 0.1) is 15.9 Å². The van der Waals surface area contributed by atoms with E-state index in [0.29, 0.717) is 4.47 Å². The Morgan fingerprint density at radius 2 is 2.14 bits per heavy atom. The van der Waals surface area contributed by atoms with Gasteiger partial charge in [0.25, 0.3) is 11.6 Å². The first-order chi connectivity index (χ1) is 9.88. The zero-order valence-electron chi connectivity index (χ0n) is 10.3. The highest BCUT2D eigenvalue weighted by molar-refractivity contribution is 9.10. The molecule has 0 aliphatic heterocycles. The Kier molecular flexibility index (Phi) is 4.13. The van der Waals surface area contributed by atoms with E-state index in [1.165, 1.54) is 12.1 Å². The van der Waals surface area contributed by atoms with E-state index in [4.69, 9.17) is 5.73 Å². The molecular weight excluding hydrogens is 347 g/mol. The van der Waals surface area contributed by atoms with E-state index >= 15 is 0 Å². The molecular formula is C12H8BrFN4O3. The van der Waals surface area contributed by atoms with Gasteiger partial charge in [0, 0.05) is 10.5 Å². The van der Waals surface area contributed by atoms with Gasteiger partial charge in [-0.05, 0) is 18.2 Å². The van der Waals surface area contributed by atoms with Gasteiger partial charge in [0.2, 0.25) is 0 Å². The number of carbonyl (C=O) groups is 1. The molecule has 0 unspecified atom stereocenters. The molecule has 108 valence electrons. The van der Waals surface area contributed by atoms with Gasteiger partial charge >= 0.3 is 0 Å². The highest BCUT2D eigenvalue weighted by atomic mass is 79.9. The first-order valence-electron chi connectivity index (χ1n) is 5.55. The first kappa shape index (κ1) is 14.9. The third-order valence-electron chi connectivity index (χ3n) is 2.54. The minimum atomic E-state index is -0.791.